The fraction of sp³-hybridized carbons (Fsp3) is 0.667. The highest BCUT2D eigenvalue weighted by Gasteiger charge is 2.24. The predicted octanol–water partition coefficient (Wildman–Crippen LogP) is 2.05. The molecule has 2 rings (SSSR count). The Morgan fingerprint density at radius 1 is 1.58 bits per heavy atom. The summed E-state index contributed by atoms with van der Waals surface area (Å²) in [6.45, 7) is 2.05. The van der Waals surface area contributed by atoms with E-state index in [4.69, 9.17) is 5.73 Å². The van der Waals surface area contributed by atoms with Crippen LogP contribution in [0.25, 0.3) is 0 Å². The van der Waals surface area contributed by atoms with E-state index in [0.717, 1.165) is 12.1 Å². The largest absolute Gasteiger partial charge is 0.328 e. The molecule has 12 heavy (non-hydrogen) atoms. The number of aromatic nitrogens is 1. The minimum Gasteiger partial charge on any atom is -0.328 e. The highest BCUT2D eigenvalue weighted by molar-refractivity contribution is 7.09. The van der Waals surface area contributed by atoms with E-state index < -0.39 is 0 Å². The topological polar surface area (TPSA) is 38.9 Å². The second kappa shape index (κ2) is 3.15. The van der Waals surface area contributed by atoms with Crippen LogP contribution in [-0.2, 0) is 0 Å². The van der Waals surface area contributed by atoms with E-state index in [1.807, 2.05) is 0 Å². The summed E-state index contributed by atoms with van der Waals surface area (Å²) in [5.41, 5.74) is 6.99. The lowest BCUT2D eigenvalue weighted by molar-refractivity contribution is 0.671. The maximum Gasteiger partial charge on any atom is 0.0959 e. The van der Waals surface area contributed by atoms with E-state index >= 15 is 0 Å². The van der Waals surface area contributed by atoms with Gasteiger partial charge in [0.15, 0.2) is 0 Å². The van der Waals surface area contributed by atoms with E-state index in [9.17, 15) is 0 Å². The van der Waals surface area contributed by atoms with E-state index in [1.54, 1.807) is 11.3 Å². The molecular formula is C9H14N2S. The number of thiazole rings is 1. The first-order chi connectivity index (χ1) is 5.75. The van der Waals surface area contributed by atoms with Gasteiger partial charge in [0.25, 0.3) is 0 Å². The Morgan fingerprint density at radius 2 is 2.42 bits per heavy atom. The van der Waals surface area contributed by atoms with E-state index in [0.29, 0.717) is 12.0 Å². The molecule has 1 heterocycles. The Balaban J connectivity index is 2.11. The molecule has 1 aromatic heterocycles. The van der Waals surface area contributed by atoms with Gasteiger partial charge in [-0.25, -0.2) is 4.98 Å². The van der Waals surface area contributed by atoms with Gasteiger partial charge in [0.05, 0.1) is 5.01 Å². The molecule has 1 fully saturated rings. The Kier molecular flexibility index (Phi) is 2.15. The van der Waals surface area contributed by atoms with Gasteiger partial charge >= 0.3 is 0 Å². The molecule has 3 heteroatoms. The lowest BCUT2D eigenvalue weighted by Gasteiger charge is -2.03. The zero-order chi connectivity index (χ0) is 8.55. The molecule has 1 aliphatic carbocycles. The number of hydrogen-bond acceptors (Lipinski definition) is 3. The Hall–Kier alpha value is -0.410. The Morgan fingerprint density at radius 3 is 2.92 bits per heavy atom. The monoisotopic (exact) mass is 182 g/mol. The molecule has 1 aliphatic rings. The van der Waals surface area contributed by atoms with Crippen LogP contribution in [0, 0.1) is 6.92 Å². The normalized spacial score (nSPS) is 29.5. The Labute approximate surface area is 76.8 Å². The summed E-state index contributed by atoms with van der Waals surface area (Å²) >= 11 is 1.78. The van der Waals surface area contributed by atoms with Gasteiger partial charge in [-0.1, -0.05) is 0 Å². The van der Waals surface area contributed by atoms with Crippen LogP contribution in [0.4, 0.5) is 0 Å². The van der Waals surface area contributed by atoms with Crippen molar-refractivity contribution in [2.24, 2.45) is 5.73 Å². The van der Waals surface area contributed by atoms with Crippen LogP contribution in [0.1, 0.15) is 35.9 Å². The average molecular weight is 182 g/mol. The zero-order valence-corrected chi connectivity index (χ0v) is 8.10. The zero-order valence-electron chi connectivity index (χ0n) is 7.29. The number of nitrogens with two attached hydrogens (primary N) is 1. The predicted molar refractivity (Wildman–Crippen MR) is 51.4 cm³/mol. The van der Waals surface area contributed by atoms with Gasteiger partial charge in [-0.3, -0.25) is 0 Å². The number of nitrogens with zero attached hydrogens (tertiary/aromatic N) is 1. The molecule has 1 aromatic rings. The van der Waals surface area contributed by atoms with Gasteiger partial charge in [0.1, 0.15) is 0 Å². The van der Waals surface area contributed by atoms with Crippen molar-refractivity contribution in [3.8, 4) is 0 Å². The first-order valence-corrected chi connectivity index (χ1v) is 5.31. The third-order valence-electron chi connectivity index (χ3n) is 2.46. The highest BCUT2D eigenvalue weighted by Crippen LogP contribution is 2.34. The van der Waals surface area contributed by atoms with Crippen LogP contribution < -0.4 is 5.73 Å². The lowest BCUT2D eigenvalue weighted by Crippen LogP contribution is -2.14. The van der Waals surface area contributed by atoms with Crippen molar-refractivity contribution in [2.45, 2.75) is 38.1 Å². The molecule has 1 saturated carbocycles. The molecule has 2 nitrogen and oxygen atoms in total. The SMILES string of the molecule is Cc1csc([C@@H]2CC[C@@H](N)C2)n1. The van der Waals surface area contributed by atoms with Crippen LogP contribution in [0.5, 0.6) is 0 Å². The molecular weight excluding hydrogens is 168 g/mol. The van der Waals surface area contributed by atoms with E-state index in [1.165, 1.54) is 17.8 Å². The van der Waals surface area contributed by atoms with Gasteiger partial charge in [-0.05, 0) is 26.2 Å². The molecule has 2 N–H and O–H groups in total. The third-order valence-corrected chi connectivity index (χ3v) is 3.58. The van der Waals surface area contributed by atoms with Gasteiger partial charge in [-0.15, -0.1) is 11.3 Å². The van der Waals surface area contributed by atoms with Crippen molar-refractivity contribution in [3.63, 3.8) is 0 Å². The molecule has 0 aromatic carbocycles. The molecule has 0 aliphatic heterocycles. The molecule has 0 bridgehead atoms. The standard InChI is InChI=1S/C9H14N2S/c1-6-5-12-9(11-6)7-2-3-8(10)4-7/h5,7-8H,2-4,10H2,1H3/t7-,8-/m1/s1. The van der Waals surface area contributed by atoms with Crippen molar-refractivity contribution in [1.29, 1.82) is 0 Å². The summed E-state index contributed by atoms with van der Waals surface area (Å²) in [4.78, 5) is 4.49. The maximum absolute atomic E-state index is 5.85. The molecule has 0 spiro atoms. The molecule has 0 unspecified atom stereocenters. The van der Waals surface area contributed by atoms with Crippen LogP contribution in [-0.4, -0.2) is 11.0 Å². The van der Waals surface area contributed by atoms with Crippen molar-refractivity contribution in [1.82, 2.24) is 4.98 Å². The second-order valence-corrected chi connectivity index (χ2v) is 4.49. The van der Waals surface area contributed by atoms with Crippen LogP contribution in [0.15, 0.2) is 5.38 Å². The summed E-state index contributed by atoms with van der Waals surface area (Å²) in [6, 6.07) is 0.416. The van der Waals surface area contributed by atoms with Gasteiger partial charge in [0.2, 0.25) is 0 Å². The van der Waals surface area contributed by atoms with Crippen molar-refractivity contribution >= 4 is 11.3 Å². The smallest absolute Gasteiger partial charge is 0.0959 e. The van der Waals surface area contributed by atoms with E-state index in [2.05, 4.69) is 17.3 Å². The summed E-state index contributed by atoms with van der Waals surface area (Å²) in [5, 5.41) is 3.42. The summed E-state index contributed by atoms with van der Waals surface area (Å²) < 4.78 is 0. The molecule has 0 amide bonds. The third kappa shape index (κ3) is 1.52. The summed E-state index contributed by atoms with van der Waals surface area (Å²) in [6.07, 6.45) is 3.53. The number of rotatable bonds is 1. The average Bonchev–Trinajstić information content (AvgIpc) is 2.58. The van der Waals surface area contributed by atoms with Crippen molar-refractivity contribution in [2.75, 3.05) is 0 Å². The van der Waals surface area contributed by atoms with Crippen LogP contribution in [0.3, 0.4) is 0 Å². The van der Waals surface area contributed by atoms with Crippen LogP contribution >= 0.6 is 11.3 Å². The van der Waals surface area contributed by atoms with Crippen LogP contribution in [0.2, 0.25) is 0 Å². The lowest BCUT2D eigenvalue weighted by atomic mass is 10.1. The van der Waals surface area contributed by atoms with Gasteiger partial charge in [0, 0.05) is 23.0 Å². The molecule has 0 saturated heterocycles. The fourth-order valence-electron chi connectivity index (χ4n) is 1.80. The first-order valence-electron chi connectivity index (χ1n) is 4.43. The second-order valence-electron chi connectivity index (χ2n) is 3.60. The summed E-state index contributed by atoms with van der Waals surface area (Å²) in [5.74, 6) is 0.652. The summed E-state index contributed by atoms with van der Waals surface area (Å²) in [7, 11) is 0. The van der Waals surface area contributed by atoms with Gasteiger partial charge < -0.3 is 5.73 Å². The highest BCUT2D eigenvalue weighted by atomic mass is 32.1. The van der Waals surface area contributed by atoms with Gasteiger partial charge in [-0.2, -0.15) is 0 Å². The van der Waals surface area contributed by atoms with Crippen molar-refractivity contribution in [3.05, 3.63) is 16.1 Å². The minimum absolute atomic E-state index is 0.416. The minimum atomic E-state index is 0.416. The van der Waals surface area contributed by atoms with E-state index in [-0.39, 0.29) is 0 Å². The van der Waals surface area contributed by atoms with Crippen molar-refractivity contribution < 1.29 is 0 Å². The molecule has 0 radical (unpaired) electrons. The molecule has 66 valence electrons. The molecule has 2 atom stereocenters. The Bertz CT molecular complexity index is 269. The first kappa shape index (κ1) is 8.20. The maximum atomic E-state index is 5.85. The fourth-order valence-corrected chi connectivity index (χ4v) is 2.75. The quantitative estimate of drug-likeness (QED) is 0.722. The number of hydrogen-bond donors (Lipinski definition) is 1. The number of aryl methyl sites for hydroxylation is 1.